The predicted octanol–water partition coefficient (Wildman–Crippen LogP) is 3.24. The molecule has 0 aliphatic heterocycles. The van der Waals surface area contributed by atoms with Crippen molar-refractivity contribution in [3.05, 3.63) is 28.8 Å². The molecule has 0 saturated carbocycles. The summed E-state index contributed by atoms with van der Waals surface area (Å²) in [6.07, 6.45) is 0. The number of rotatable bonds is 6. The van der Waals surface area contributed by atoms with Gasteiger partial charge in [-0.3, -0.25) is 9.59 Å². The standard InChI is InChI=1S/C16H23NO3S/c1-6-20-14(18)9-21-13(5)16(19)17-15-11(3)7-10(2)8-12(15)4/h7-8,13H,6,9H2,1-5H3,(H,17,19). The Kier molecular flexibility index (Phi) is 6.75. The molecule has 0 radical (unpaired) electrons. The first kappa shape index (κ1) is 17.6. The van der Waals surface area contributed by atoms with Gasteiger partial charge in [0, 0.05) is 5.69 Å². The molecule has 5 heteroatoms. The quantitative estimate of drug-likeness (QED) is 0.820. The Balaban J connectivity index is 2.63. The van der Waals surface area contributed by atoms with Crippen molar-refractivity contribution in [2.75, 3.05) is 17.7 Å². The van der Waals surface area contributed by atoms with Crippen LogP contribution < -0.4 is 5.32 Å². The Bertz CT molecular complexity index is 505. The molecule has 0 aromatic heterocycles. The summed E-state index contributed by atoms with van der Waals surface area (Å²) in [6, 6.07) is 4.08. The third kappa shape index (κ3) is 5.42. The number of benzene rings is 1. The second kappa shape index (κ2) is 8.08. The summed E-state index contributed by atoms with van der Waals surface area (Å²) >= 11 is 1.28. The minimum atomic E-state index is -0.311. The molecule has 0 aliphatic rings. The molecule has 1 aromatic rings. The minimum Gasteiger partial charge on any atom is -0.465 e. The van der Waals surface area contributed by atoms with Crippen molar-refractivity contribution < 1.29 is 14.3 Å². The van der Waals surface area contributed by atoms with Gasteiger partial charge >= 0.3 is 5.97 Å². The Morgan fingerprint density at radius 2 is 1.81 bits per heavy atom. The lowest BCUT2D eigenvalue weighted by molar-refractivity contribution is -0.139. The topological polar surface area (TPSA) is 55.4 Å². The monoisotopic (exact) mass is 309 g/mol. The summed E-state index contributed by atoms with van der Waals surface area (Å²) < 4.78 is 4.85. The van der Waals surface area contributed by atoms with Gasteiger partial charge in [-0.15, -0.1) is 11.8 Å². The van der Waals surface area contributed by atoms with Crippen LogP contribution in [-0.4, -0.2) is 29.5 Å². The molecule has 0 saturated heterocycles. The fourth-order valence-electron chi connectivity index (χ4n) is 2.07. The Hall–Kier alpha value is -1.49. The molecule has 1 unspecified atom stereocenters. The summed E-state index contributed by atoms with van der Waals surface area (Å²) in [6.45, 7) is 9.91. The van der Waals surface area contributed by atoms with Crippen molar-refractivity contribution in [3.63, 3.8) is 0 Å². The fourth-order valence-corrected chi connectivity index (χ4v) is 2.75. The van der Waals surface area contributed by atoms with Crippen molar-refractivity contribution in [1.29, 1.82) is 0 Å². The van der Waals surface area contributed by atoms with Crippen LogP contribution in [0, 0.1) is 20.8 Å². The lowest BCUT2D eigenvalue weighted by Crippen LogP contribution is -2.25. The van der Waals surface area contributed by atoms with E-state index >= 15 is 0 Å². The van der Waals surface area contributed by atoms with Crippen LogP contribution in [0.2, 0.25) is 0 Å². The van der Waals surface area contributed by atoms with Gasteiger partial charge < -0.3 is 10.1 Å². The zero-order valence-corrected chi connectivity index (χ0v) is 14.1. The number of thioether (sulfide) groups is 1. The van der Waals surface area contributed by atoms with E-state index < -0.39 is 0 Å². The summed E-state index contributed by atoms with van der Waals surface area (Å²) in [5.74, 6) is -0.196. The van der Waals surface area contributed by atoms with Crippen molar-refractivity contribution in [2.45, 2.75) is 39.9 Å². The number of anilines is 1. The number of carbonyl (C=O) groups is 2. The summed E-state index contributed by atoms with van der Waals surface area (Å²) in [5, 5.41) is 2.64. The van der Waals surface area contributed by atoms with Gasteiger partial charge in [0.1, 0.15) is 0 Å². The summed E-state index contributed by atoms with van der Waals surface area (Å²) in [4.78, 5) is 23.5. The van der Waals surface area contributed by atoms with Gasteiger partial charge in [-0.2, -0.15) is 0 Å². The van der Waals surface area contributed by atoms with Gasteiger partial charge in [0.2, 0.25) is 5.91 Å². The van der Waals surface area contributed by atoms with E-state index in [1.54, 1.807) is 13.8 Å². The Morgan fingerprint density at radius 3 is 2.33 bits per heavy atom. The van der Waals surface area contributed by atoms with Crippen molar-refractivity contribution in [2.24, 2.45) is 0 Å². The van der Waals surface area contributed by atoms with Gasteiger partial charge in [-0.25, -0.2) is 0 Å². The molecule has 1 rings (SSSR count). The molecule has 1 atom stereocenters. The number of hydrogen-bond acceptors (Lipinski definition) is 4. The SMILES string of the molecule is CCOC(=O)CSC(C)C(=O)Nc1c(C)cc(C)cc1C. The molecule has 0 heterocycles. The van der Waals surface area contributed by atoms with Crippen molar-refractivity contribution >= 4 is 29.3 Å². The average Bonchev–Trinajstić information content (AvgIpc) is 2.40. The average molecular weight is 309 g/mol. The number of carbonyl (C=O) groups excluding carboxylic acids is 2. The Labute approximate surface area is 130 Å². The van der Waals surface area contributed by atoms with Crippen LogP contribution in [0.4, 0.5) is 5.69 Å². The van der Waals surface area contributed by atoms with Gasteiger partial charge in [-0.05, 0) is 45.7 Å². The van der Waals surface area contributed by atoms with E-state index in [9.17, 15) is 9.59 Å². The molecule has 116 valence electrons. The van der Waals surface area contributed by atoms with E-state index in [0.717, 1.165) is 16.8 Å². The maximum absolute atomic E-state index is 12.2. The van der Waals surface area contributed by atoms with Crippen LogP contribution in [0.5, 0.6) is 0 Å². The molecule has 1 N–H and O–H groups in total. The number of nitrogens with one attached hydrogen (secondary N) is 1. The van der Waals surface area contributed by atoms with Crippen LogP contribution in [0.1, 0.15) is 30.5 Å². The second-order valence-electron chi connectivity index (χ2n) is 5.02. The number of amides is 1. The third-order valence-electron chi connectivity index (χ3n) is 3.05. The van der Waals surface area contributed by atoms with Crippen LogP contribution in [-0.2, 0) is 14.3 Å². The van der Waals surface area contributed by atoms with Crippen LogP contribution in [0.3, 0.4) is 0 Å². The minimum absolute atomic E-state index is 0.0978. The maximum Gasteiger partial charge on any atom is 0.315 e. The number of ether oxygens (including phenoxy) is 1. The normalized spacial score (nSPS) is 11.9. The molecular weight excluding hydrogens is 286 g/mol. The molecule has 0 fully saturated rings. The zero-order valence-electron chi connectivity index (χ0n) is 13.3. The zero-order chi connectivity index (χ0) is 16.0. The molecule has 0 spiro atoms. The molecule has 1 aromatic carbocycles. The first-order valence-electron chi connectivity index (χ1n) is 7.01. The highest BCUT2D eigenvalue weighted by Gasteiger charge is 2.17. The number of hydrogen-bond donors (Lipinski definition) is 1. The third-order valence-corrected chi connectivity index (χ3v) is 4.17. The van der Waals surface area contributed by atoms with E-state index in [1.807, 2.05) is 32.9 Å². The highest BCUT2D eigenvalue weighted by atomic mass is 32.2. The van der Waals surface area contributed by atoms with Crippen LogP contribution >= 0.6 is 11.8 Å². The van der Waals surface area contributed by atoms with Gasteiger partial charge in [0.05, 0.1) is 17.6 Å². The van der Waals surface area contributed by atoms with Gasteiger partial charge in [-0.1, -0.05) is 17.7 Å². The lowest BCUT2D eigenvalue weighted by atomic mass is 10.1. The molecule has 0 aliphatic carbocycles. The second-order valence-corrected chi connectivity index (χ2v) is 6.35. The molecule has 21 heavy (non-hydrogen) atoms. The molecule has 1 amide bonds. The van der Waals surface area contributed by atoms with E-state index in [-0.39, 0.29) is 22.9 Å². The van der Waals surface area contributed by atoms with Crippen LogP contribution in [0.25, 0.3) is 0 Å². The molecular formula is C16H23NO3S. The smallest absolute Gasteiger partial charge is 0.315 e. The summed E-state index contributed by atoms with van der Waals surface area (Å²) in [5.41, 5.74) is 4.12. The first-order valence-corrected chi connectivity index (χ1v) is 8.06. The predicted molar refractivity (Wildman–Crippen MR) is 87.8 cm³/mol. The van der Waals surface area contributed by atoms with Crippen molar-refractivity contribution in [1.82, 2.24) is 0 Å². The summed E-state index contributed by atoms with van der Waals surface area (Å²) in [7, 11) is 0. The van der Waals surface area contributed by atoms with E-state index in [0.29, 0.717) is 6.61 Å². The highest BCUT2D eigenvalue weighted by Crippen LogP contribution is 2.23. The molecule has 4 nitrogen and oxygen atoms in total. The number of aryl methyl sites for hydroxylation is 3. The lowest BCUT2D eigenvalue weighted by Gasteiger charge is -2.16. The van der Waals surface area contributed by atoms with E-state index in [2.05, 4.69) is 5.32 Å². The number of esters is 1. The van der Waals surface area contributed by atoms with E-state index in [1.165, 1.54) is 17.3 Å². The van der Waals surface area contributed by atoms with E-state index in [4.69, 9.17) is 4.74 Å². The largest absolute Gasteiger partial charge is 0.465 e. The fraction of sp³-hybridized carbons (Fsp3) is 0.500. The first-order chi connectivity index (χ1) is 9.85. The van der Waals surface area contributed by atoms with Gasteiger partial charge in [0.25, 0.3) is 0 Å². The van der Waals surface area contributed by atoms with Crippen molar-refractivity contribution in [3.8, 4) is 0 Å². The highest BCUT2D eigenvalue weighted by molar-refractivity contribution is 8.01. The maximum atomic E-state index is 12.2. The Morgan fingerprint density at radius 1 is 1.24 bits per heavy atom. The van der Waals surface area contributed by atoms with Gasteiger partial charge in [0.15, 0.2) is 0 Å². The molecule has 0 bridgehead atoms. The van der Waals surface area contributed by atoms with Crippen LogP contribution in [0.15, 0.2) is 12.1 Å².